The molecule has 1 unspecified atom stereocenters. The Bertz CT molecular complexity index is 555. The number of para-hydroxylation sites is 1. The van der Waals surface area contributed by atoms with Crippen molar-refractivity contribution >= 4 is 23.3 Å². The van der Waals surface area contributed by atoms with Crippen LogP contribution >= 0.6 is 11.6 Å². The second-order valence-electron chi connectivity index (χ2n) is 5.28. The summed E-state index contributed by atoms with van der Waals surface area (Å²) in [5.41, 5.74) is 6.94. The zero-order chi connectivity index (χ0) is 15.4. The van der Waals surface area contributed by atoms with E-state index in [0.717, 1.165) is 12.8 Å². The fourth-order valence-electron chi connectivity index (χ4n) is 2.00. The summed E-state index contributed by atoms with van der Waals surface area (Å²) in [6.45, 7) is 2.40. The lowest BCUT2D eigenvalue weighted by molar-refractivity contribution is 0.413. The highest BCUT2D eigenvalue weighted by molar-refractivity contribution is 6.32. The lowest BCUT2D eigenvalue weighted by Crippen LogP contribution is -2.34. The quantitative estimate of drug-likeness (QED) is 0.557. The van der Waals surface area contributed by atoms with Crippen LogP contribution in [0.2, 0.25) is 5.02 Å². The van der Waals surface area contributed by atoms with Gasteiger partial charge in [-0.1, -0.05) is 24.6 Å². The summed E-state index contributed by atoms with van der Waals surface area (Å²) in [5.74, 6) is 0.913. The minimum atomic E-state index is -0.0723. The third-order valence-corrected chi connectivity index (χ3v) is 3.72. The van der Waals surface area contributed by atoms with E-state index >= 15 is 0 Å². The lowest BCUT2D eigenvalue weighted by atomic mass is 9.97. The summed E-state index contributed by atoms with van der Waals surface area (Å²) in [4.78, 5) is 4.30. The van der Waals surface area contributed by atoms with E-state index in [1.54, 1.807) is 13.2 Å². The molecule has 0 radical (unpaired) electrons. The Morgan fingerprint density at radius 1 is 1.57 bits per heavy atom. The summed E-state index contributed by atoms with van der Waals surface area (Å²) >= 11 is 6.09. The first-order valence-electron chi connectivity index (χ1n) is 7.00. The maximum absolute atomic E-state index is 8.31. The average Bonchev–Trinajstić information content (AvgIpc) is 3.27. The predicted octanol–water partition coefficient (Wildman–Crippen LogP) is 2.42. The normalized spacial score (nSPS) is 16.4. The first-order valence-corrected chi connectivity index (χ1v) is 7.38. The number of benzene rings is 1. The zero-order valence-electron chi connectivity index (χ0n) is 12.3. The fraction of sp³-hybridized carbons (Fsp3) is 0.467. The number of methoxy groups -OCH3 is 1. The molecule has 0 amide bonds. The van der Waals surface area contributed by atoms with Crippen LogP contribution in [0.1, 0.15) is 25.3 Å². The number of ether oxygens (including phenoxy) is 1. The number of nitrogens with one attached hydrogen (secondary N) is 2. The van der Waals surface area contributed by atoms with Gasteiger partial charge in [-0.05, 0) is 25.0 Å². The molecule has 1 aliphatic carbocycles. The van der Waals surface area contributed by atoms with Crippen molar-refractivity contribution in [3.8, 4) is 5.75 Å². The Balaban J connectivity index is 2.03. The number of hydrogen-bond donors (Lipinski definition) is 3. The molecule has 5 nitrogen and oxygen atoms in total. The van der Waals surface area contributed by atoms with Crippen molar-refractivity contribution in [2.45, 2.75) is 25.8 Å². The van der Waals surface area contributed by atoms with Crippen LogP contribution in [0.25, 0.3) is 0 Å². The van der Waals surface area contributed by atoms with Crippen LogP contribution in [0.4, 0.5) is 0 Å². The van der Waals surface area contributed by atoms with Crippen LogP contribution in [0.15, 0.2) is 23.2 Å². The van der Waals surface area contributed by atoms with E-state index in [9.17, 15) is 0 Å². The molecule has 1 saturated carbocycles. The van der Waals surface area contributed by atoms with E-state index in [0.29, 0.717) is 40.6 Å². The van der Waals surface area contributed by atoms with E-state index in [1.165, 1.54) is 0 Å². The number of rotatable bonds is 6. The Morgan fingerprint density at radius 3 is 2.90 bits per heavy atom. The van der Waals surface area contributed by atoms with E-state index in [2.05, 4.69) is 10.3 Å². The number of aliphatic imine (C=N–C) groups is 1. The maximum atomic E-state index is 8.31. The molecule has 6 heteroatoms. The highest BCUT2D eigenvalue weighted by atomic mass is 35.5. The molecule has 0 aromatic heterocycles. The molecule has 0 heterocycles. The van der Waals surface area contributed by atoms with Gasteiger partial charge < -0.3 is 21.2 Å². The van der Waals surface area contributed by atoms with Crippen LogP contribution < -0.4 is 15.8 Å². The van der Waals surface area contributed by atoms with Crippen LogP contribution in [0, 0.1) is 11.3 Å². The first-order chi connectivity index (χ1) is 10.0. The van der Waals surface area contributed by atoms with Gasteiger partial charge in [0.1, 0.15) is 5.75 Å². The molecular formula is C15H21ClN4O. The van der Waals surface area contributed by atoms with Gasteiger partial charge in [0, 0.05) is 23.2 Å². The maximum Gasteiger partial charge on any atom is 0.188 e. The molecule has 0 saturated heterocycles. The van der Waals surface area contributed by atoms with Gasteiger partial charge in [0.2, 0.25) is 0 Å². The molecule has 1 aromatic carbocycles. The minimum absolute atomic E-state index is 0.0723. The topological polar surface area (TPSA) is 83.5 Å². The zero-order valence-corrected chi connectivity index (χ0v) is 13.1. The Kier molecular flexibility index (Phi) is 5.07. The number of halogens is 1. The van der Waals surface area contributed by atoms with Gasteiger partial charge in [-0.2, -0.15) is 0 Å². The second kappa shape index (κ2) is 6.80. The largest absolute Gasteiger partial charge is 0.494 e. The third-order valence-electron chi connectivity index (χ3n) is 3.42. The second-order valence-corrected chi connectivity index (χ2v) is 5.69. The number of hydrogen-bond acceptors (Lipinski definition) is 3. The van der Waals surface area contributed by atoms with E-state index in [-0.39, 0.29) is 5.92 Å². The van der Waals surface area contributed by atoms with E-state index in [1.807, 2.05) is 19.1 Å². The molecule has 0 bridgehead atoms. The highest BCUT2D eigenvalue weighted by Gasteiger charge is 2.22. The van der Waals surface area contributed by atoms with Gasteiger partial charge in [-0.3, -0.25) is 4.99 Å². The SMILES string of the molecule is COc1c(Cl)cccc1C(=N)C(C)CN=C(N)NC1CC1. The summed E-state index contributed by atoms with van der Waals surface area (Å²) in [5, 5.41) is 11.9. The molecule has 4 N–H and O–H groups in total. The van der Waals surface area contributed by atoms with Gasteiger partial charge >= 0.3 is 0 Å². The van der Waals surface area contributed by atoms with Gasteiger partial charge in [0.15, 0.2) is 5.96 Å². The van der Waals surface area contributed by atoms with Crippen LogP contribution in [-0.2, 0) is 0 Å². The monoisotopic (exact) mass is 308 g/mol. The van der Waals surface area contributed by atoms with Crippen molar-refractivity contribution < 1.29 is 4.74 Å². The van der Waals surface area contributed by atoms with Crippen molar-refractivity contribution in [1.82, 2.24) is 5.32 Å². The summed E-state index contributed by atoms with van der Waals surface area (Å²) in [6.07, 6.45) is 2.31. The minimum Gasteiger partial charge on any atom is -0.494 e. The molecule has 1 fully saturated rings. The van der Waals surface area contributed by atoms with E-state index < -0.39 is 0 Å². The molecule has 2 rings (SSSR count). The number of nitrogens with zero attached hydrogens (tertiary/aromatic N) is 1. The number of nitrogens with two attached hydrogens (primary N) is 1. The fourth-order valence-corrected chi connectivity index (χ4v) is 2.25. The smallest absolute Gasteiger partial charge is 0.188 e. The average molecular weight is 309 g/mol. The molecule has 21 heavy (non-hydrogen) atoms. The Morgan fingerprint density at radius 2 is 2.29 bits per heavy atom. The Hall–Kier alpha value is -1.75. The lowest BCUT2D eigenvalue weighted by Gasteiger charge is -2.15. The van der Waals surface area contributed by atoms with Gasteiger partial charge in [0.05, 0.1) is 18.7 Å². The first kappa shape index (κ1) is 15.6. The molecule has 1 aromatic rings. The molecule has 0 spiro atoms. The van der Waals surface area contributed by atoms with Crippen LogP contribution in [-0.4, -0.2) is 31.4 Å². The van der Waals surface area contributed by atoms with Gasteiger partial charge in [-0.15, -0.1) is 0 Å². The predicted molar refractivity (Wildman–Crippen MR) is 86.6 cm³/mol. The van der Waals surface area contributed by atoms with Crippen molar-refractivity contribution in [2.75, 3.05) is 13.7 Å². The van der Waals surface area contributed by atoms with E-state index in [4.69, 9.17) is 27.5 Å². The van der Waals surface area contributed by atoms with Crippen LogP contribution in [0.3, 0.4) is 0 Å². The molecular weight excluding hydrogens is 288 g/mol. The van der Waals surface area contributed by atoms with Crippen molar-refractivity contribution in [2.24, 2.45) is 16.6 Å². The number of guanidine groups is 1. The van der Waals surface area contributed by atoms with Crippen molar-refractivity contribution in [1.29, 1.82) is 5.41 Å². The standard InChI is InChI=1S/C15H21ClN4O/c1-9(8-19-15(18)20-10-6-7-10)13(17)11-4-3-5-12(16)14(11)21-2/h3-5,9-10,17H,6-8H2,1-2H3,(H3,18,19,20). The molecule has 1 aliphatic rings. The highest BCUT2D eigenvalue weighted by Crippen LogP contribution is 2.30. The summed E-state index contributed by atoms with van der Waals surface area (Å²) in [6, 6.07) is 5.88. The van der Waals surface area contributed by atoms with Gasteiger partial charge in [0.25, 0.3) is 0 Å². The Labute approximate surface area is 130 Å². The summed E-state index contributed by atoms with van der Waals surface area (Å²) < 4.78 is 5.29. The molecule has 1 atom stereocenters. The van der Waals surface area contributed by atoms with Crippen LogP contribution in [0.5, 0.6) is 5.75 Å². The third kappa shape index (κ3) is 4.11. The summed E-state index contributed by atoms with van der Waals surface area (Å²) in [7, 11) is 1.55. The van der Waals surface area contributed by atoms with Crippen molar-refractivity contribution in [3.05, 3.63) is 28.8 Å². The van der Waals surface area contributed by atoms with Crippen molar-refractivity contribution in [3.63, 3.8) is 0 Å². The van der Waals surface area contributed by atoms with Gasteiger partial charge in [-0.25, -0.2) is 0 Å². The molecule has 0 aliphatic heterocycles. The molecule has 114 valence electrons.